The maximum absolute atomic E-state index is 12.5. The molecule has 1 spiro atoms. The molecule has 1 saturated carbocycles. The normalized spacial score (nSPS) is 40.2. The monoisotopic (exact) mass is 238 g/mol. The Balaban J connectivity index is 1.65. The largest absolute Gasteiger partial charge is 0.375 e. The molecule has 96 valence electrons. The highest BCUT2D eigenvalue weighted by Gasteiger charge is 2.46. The number of carbonyl (C=O) groups excluding carboxylic acids is 1. The summed E-state index contributed by atoms with van der Waals surface area (Å²) in [7, 11) is 0. The van der Waals surface area contributed by atoms with Crippen LogP contribution in [0.4, 0.5) is 0 Å². The van der Waals surface area contributed by atoms with Crippen LogP contribution in [0.2, 0.25) is 0 Å². The zero-order valence-corrected chi connectivity index (χ0v) is 10.6. The lowest BCUT2D eigenvalue weighted by atomic mass is 9.70. The molecule has 0 aromatic carbocycles. The Hall–Kier alpha value is -0.410. The van der Waals surface area contributed by atoms with Gasteiger partial charge in [0.25, 0.3) is 0 Å². The van der Waals surface area contributed by atoms with Crippen LogP contribution in [0.3, 0.4) is 0 Å². The molecule has 2 saturated heterocycles. The third-order valence-electron chi connectivity index (χ3n) is 4.83. The Morgan fingerprint density at radius 1 is 1.24 bits per heavy atom. The summed E-state index contributed by atoms with van der Waals surface area (Å²) in [6.07, 6.45) is 6.30. The zero-order valence-electron chi connectivity index (χ0n) is 10.6. The Kier molecular flexibility index (Phi) is 2.99. The van der Waals surface area contributed by atoms with E-state index in [1.807, 2.05) is 0 Å². The first kappa shape index (κ1) is 11.7. The van der Waals surface area contributed by atoms with Crippen LogP contribution < -0.4 is 0 Å². The molecular formula is C14H22O3. The van der Waals surface area contributed by atoms with Crippen molar-refractivity contribution in [1.29, 1.82) is 0 Å². The van der Waals surface area contributed by atoms with Crippen molar-refractivity contribution in [2.24, 2.45) is 11.8 Å². The minimum absolute atomic E-state index is 0.0699. The van der Waals surface area contributed by atoms with Crippen LogP contribution in [0, 0.1) is 11.8 Å². The number of hydrogen-bond acceptors (Lipinski definition) is 3. The third-order valence-corrected chi connectivity index (χ3v) is 4.83. The lowest BCUT2D eigenvalue weighted by Crippen LogP contribution is -2.48. The van der Waals surface area contributed by atoms with Crippen molar-refractivity contribution in [2.75, 3.05) is 13.2 Å². The van der Waals surface area contributed by atoms with Gasteiger partial charge in [0.05, 0.1) is 5.60 Å². The van der Waals surface area contributed by atoms with Gasteiger partial charge < -0.3 is 9.47 Å². The van der Waals surface area contributed by atoms with Crippen LogP contribution in [0.5, 0.6) is 0 Å². The highest BCUT2D eigenvalue weighted by Crippen LogP contribution is 2.45. The third kappa shape index (κ3) is 2.04. The summed E-state index contributed by atoms with van der Waals surface area (Å²) in [6.45, 7) is 3.65. The van der Waals surface area contributed by atoms with E-state index in [9.17, 15) is 4.79 Å². The number of Topliss-reactive ketones (excluding diaryl/α,β-unsaturated/α-hetero) is 1. The van der Waals surface area contributed by atoms with Gasteiger partial charge in [0.1, 0.15) is 6.10 Å². The molecule has 3 aliphatic rings. The molecule has 3 fully saturated rings. The van der Waals surface area contributed by atoms with Gasteiger partial charge in [-0.1, -0.05) is 6.92 Å². The fourth-order valence-corrected chi connectivity index (χ4v) is 3.48. The summed E-state index contributed by atoms with van der Waals surface area (Å²) in [6, 6.07) is 0. The van der Waals surface area contributed by atoms with E-state index < -0.39 is 0 Å². The van der Waals surface area contributed by atoms with Gasteiger partial charge in [-0.15, -0.1) is 0 Å². The minimum Gasteiger partial charge on any atom is -0.375 e. The van der Waals surface area contributed by atoms with Gasteiger partial charge in [-0.05, 0) is 44.4 Å². The maximum atomic E-state index is 12.5. The van der Waals surface area contributed by atoms with Crippen molar-refractivity contribution in [3.8, 4) is 0 Å². The van der Waals surface area contributed by atoms with E-state index in [2.05, 4.69) is 6.92 Å². The summed E-state index contributed by atoms with van der Waals surface area (Å²) in [5, 5.41) is 0. The molecule has 17 heavy (non-hydrogen) atoms. The molecule has 3 atom stereocenters. The Morgan fingerprint density at radius 2 is 2.06 bits per heavy atom. The number of ether oxygens (including phenoxy) is 2. The molecule has 0 N–H and O–H groups in total. The Morgan fingerprint density at radius 3 is 2.65 bits per heavy atom. The second-order valence-electron chi connectivity index (χ2n) is 6.03. The maximum Gasteiger partial charge on any atom is 0.165 e. The molecule has 3 unspecified atom stereocenters. The molecule has 0 aromatic heterocycles. The van der Waals surface area contributed by atoms with Crippen LogP contribution in [0.1, 0.15) is 45.4 Å². The van der Waals surface area contributed by atoms with E-state index in [-0.39, 0.29) is 17.6 Å². The summed E-state index contributed by atoms with van der Waals surface area (Å²) < 4.78 is 11.5. The molecule has 0 aromatic rings. The summed E-state index contributed by atoms with van der Waals surface area (Å²) in [5.74, 6) is 0.946. The number of rotatable bonds is 2. The predicted octanol–water partition coefficient (Wildman–Crippen LogP) is 2.33. The summed E-state index contributed by atoms with van der Waals surface area (Å²) in [4.78, 5) is 12.5. The second kappa shape index (κ2) is 4.36. The molecule has 0 bridgehead atoms. The molecule has 3 heteroatoms. The Bertz CT molecular complexity index is 309. The molecular weight excluding hydrogens is 216 g/mol. The van der Waals surface area contributed by atoms with E-state index in [0.717, 1.165) is 45.3 Å². The van der Waals surface area contributed by atoms with Gasteiger partial charge in [-0.3, -0.25) is 4.79 Å². The molecule has 2 aliphatic heterocycles. The first-order valence-corrected chi connectivity index (χ1v) is 6.99. The second-order valence-corrected chi connectivity index (χ2v) is 6.03. The van der Waals surface area contributed by atoms with Gasteiger partial charge >= 0.3 is 0 Å². The van der Waals surface area contributed by atoms with Crippen molar-refractivity contribution in [3.63, 3.8) is 0 Å². The molecule has 3 rings (SSSR count). The van der Waals surface area contributed by atoms with Crippen molar-refractivity contribution < 1.29 is 14.3 Å². The van der Waals surface area contributed by atoms with Crippen LogP contribution in [0.25, 0.3) is 0 Å². The molecule has 0 radical (unpaired) electrons. The molecule has 2 heterocycles. The van der Waals surface area contributed by atoms with Gasteiger partial charge in [0, 0.05) is 19.1 Å². The summed E-state index contributed by atoms with van der Waals surface area (Å²) in [5.41, 5.74) is 0.0699. The van der Waals surface area contributed by atoms with Crippen molar-refractivity contribution in [1.82, 2.24) is 0 Å². The van der Waals surface area contributed by atoms with Crippen molar-refractivity contribution in [3.05, 3.63) is 0 Å². The first-order valence-electron chi connectivity index (χ1n) is 6.99. The average molecular weight is 238 g/mol. The van der Waals surface area contributed by atoms with Gasteiger partial charge in [-0.25, -0.2) is 0 Å². The van der Waals surface area contributed by atoms with Gasteiger partial charge in [-0.2, -0.15) is 0 Å². The SMILES string of the molecule is CC1CCOC1C(=O)C1CCOC2(CCC2)C1. The summed E-state index contributed by atoms with van der Waals surface area (Å²) >= 11 is 0. The first-order chi connectivity index (χ1) is 8.20. The average Bonchev–Trinajstić information content (AvgIpc) is 2.73. The lowest BCUT2D eigenvalue weighted by Gasteiger charge is -2.47. The Labute approximate surface area is 103 Å². The van der Waals surface area contributed by atoms with Crippen LogP contribution in [0.15, 0.2) is 0 Å². The van der Waals surface area contributed by atoms with E-state index in [4.69, 9.17) is 9.47 Å². The number of carbonyl (C=O) groups is 1. The van der Waals surface area contributed by atoms with Crippen LogP contribution in [-0.4, -0.2) is 30.7 Å². The topological polar surface area (TPSA) is 35.5 Å². The quantitative estimate of drug-likeness (QED) is 0.740. The standard InChI is InChI=1S/C14H22O3/c1-10-3-7-16-13(10)12(15)11-4-8-17-14(9-11)5-2-6-14/h10-11,13H,2-9H2,1H3. The van der Waals surface area contributed by atoms with E-state index in [1.165, 1.54) is 6.42 Å². The van der Waals surface area contributed by atoms with E-state index in [1.54, 1.807) is 0 Å². The molecule has 3 nitrogen and oxygen atoms in total. The smallest absolute Gasteiger partial charge is 0.165 e. The number of hydrogen-bond donors (Lipinski definition) is 0. The molecule has 1 aliphatic carbocycles. The highest BCUT2D eigenvalue weighted by molar-refractivity contribution is 5.86. The van der Waals surface area contributed by atoms with E-state index in [0.29, 0.717) is 11.7 Å². The van der Waals surface area contributed by atoms with Gasteiger partial charge in [0.15, 0.2) is 5.78 Å². The van der Waals surface area contributed by atoms with Crippen LogP contribution >= 0.6 is 0 Å². The van der Waals surface area contributed by atoms with Crippen LogP contribution in [-0.2, 0) is 14.3 Å². The zero-order chi connectivity index (χ0) is 11.9. The fourth-order valence-electron chi connectivity index (χ4n) is 3.48. The fraction of sp³-hybridized carbons (Fsp3) is 0.929. The predicted molar refractivity (Wildman–Crippen MR) is 63.8 cm³/mol. The van der Waals surface area contributed by atoms with Crippen molar-refractivity contribution >= 4 is 5.78 Å². The van der Waals surface area contributed by atoms with Gasteiger partial charge in [0.2, 0.25) is 0 Å². The molecule has 0 amide bonds. The van der Waals surface area contributed by atoms with E-state index >= 15 is 0 Å². The minimum atomic E-state index is -0.129. The number of ketones is 1. The van der Waals surface area contributed by atoms with Crippen molar-refractivity contribution in [2.45, 2.75) is 57.2 Å². The highest BCUT2D eigenvalue weighted by atomic mass is 16.5. The lowest BCUT2D eigenvalue weighted by molar-refractivity contribution is -0.161.